The number of methoxy groups -OCH3 is 2. The van der Waals surface area contributed by atoms with Gasteiger partial charge >= 0.3 is 0 Å². The Labute approximate surface area is 236 Å². The number of aryl methyl sites for hydroxylation is 2. The highest BCUT2D eigenvalue weighted by atomic mass is 19.1. The van der Waals surface area contributed by atoms with Crippen molar-refractivity contribution in [3.05, 3.63) is 89.6 Å². The number of H-pyrrole nitrogens is 1. The lowest BCUT2D eigenvalue weighted by Crippen LogP contribution is -2.27. The normalized spacial score (nSPS) is 10.9. The third-order valence-electron chi connectivity index (χ3n) is 6.56. The zero-order chi connectivity index (χ0) is 29.1. The second-order valence-corrected chi connectivity index (χ2v) is 9.20. The highest BCUT2D eigenvalue weighted by Crippen LogP contribution is 2.39. The molecule has 0 aliphatic heterocycles. The number of ether oxygens (including phenoxy) is 4. The van der Waals surface area contributed by atoms with Gasteiger partial charge in [-0.25, -0.2) is 4.39 Å². The number of carbonyl (C=O) groups is 1. The first-order valence-electron chi connectivity index (χ1n) is 12.9. The first-order chi connectivity index (χ1) is 19.8. The average Bonchev–Trinajstić information content (AvgIpc) is 3.43. The first kappa shape index (κ1) is 27.4. The van der Waals surface area contributed by atoms with Crippen LogP contribution in [0.5, 0.6) is 28.7 Å². The number of benzene rings is 3. The van der Waals surface area contributed by atoms with Gasteiger partial charge in [-0.05, 0) is 80.4 Å². The minimum absolute atomic E-state index is 0.182. The third kappa shape index (κ3) is 5.36. The zero-order valence-electron chi connectivity index (χ0n) is 23.3. The Bertz CT molecular complexity index is 1740. The van der Waals surface area contributed by atoms with Crippen LogP contribution >= 0.6 is 0 Å². The van der Waals surface area contributed by atoms with E-state index in [0.29, 0.717) is 57.8 Å². The van der Waals surface area contributed by atoms with Crippen molar-refractivity contribution in [1.82, 2.24) is 15.2 Å². The molecule has 0 fully saturated rings. The molecule has 0 saturated carbocycles. The van der Waals surface area contributed by atoms with E-state index in [1.807, 2.05) is 26.0 Å². The number of hydrogen-bond acceptors (Lipinski definition) is 7. The monoisotopic (exact) mass is 556 g/mol. The fourth-order valence-electron chi connectivity index (χ4n) is 4.58. The Hall–Kier alpha value is -5.12. The van der Waals surface area contributed by atoms with Gasteiger partial charge in [0.25, 0.3) is 5.91 Å². The molecule has 3 aromatic carbocycles. The number of pyridine rings is 1. The lowest BCUT2D eigenvalue weighted by molar-refractivity contribution is 0.0990. The number of rotatable bonds is 9. The Morgan fingerprint density at radius 3 is 2.39 bits per heavy atom. The molecule has 5 rings (SSSR count). The summed E-state index contributed by atoms with van der Waals surface area (Å²) in [5, 5.41) is 7.48. The standard InChI is InChI=1S/C31H29FN4O5/c1-6-40-29-17-34-35-30(29)31(37)36(24-9-7-20(32)13-18(24)2)21-8-10-25(19(3)14-21)41-26-11-12-33-23-16-28(39-5)27(38-4)15-22(23)26/h7-17H,6H2,1-5H3,(H,34,35). The Kier molecular flexibility index (Phi) is 7.73. The molecule has 0 aliphatic carbocycles. The maximum atomic E-state index is 14.0. The van der Waals surface area contributed by atoms with Gasteiger partial charge in [-0.3, -0.25) is 19.8 Å². The van der Waals surface area contributed by atoms with Crippen LogP contribution in [0.3, 0.4) is 0 Å². The van der Waals surface area contributed by atoms with E-state index in [2.05, 4.69) is 15.2 Å². The van der Waals surface area contributed by atoms with Crippen molar-refractivity contribution in [3.63, 3.8) is 0 Å². The molecule has 41 heavy (non-hydrogen) atoms. The highest BCUT2D eigenvalue weighted by molar-refractivity contribution is 6.11. The van der Waals surface area contributed by atoms with Crippen LogP contribution in [-0.4, -0.2) is 41.9 Å². The molecule has 0 bridgehead atoms. The topological polar surface area (TPSA) is 98.8 Å². The summed E-state index contributed by atoms with van der Waals surface area (Å²) in [4.78, 5) is 19.8. The molecule has 0 saturated heterocycles. The van der Waals surface area contributed by atoms with Crippen LogP contribution in [0.25, 0.3) is 10.9 Å². The minimum Gasteiger partial charge on any atom is -0.493 e. The van der Waals surface area contributed by atoms with Gasteiger partial charge in [-0.1, -0.05) is 0 Å². The number of nitrogens with one attached hydrogen (secondary N) is 1. The molecule has 0 unspecified atom stereocenters. The van der Waals surface area contributed by atoms with Gasteiger partial charge in [-0.2, -0.15) is 5.10 Å². The summed E-state index contributed by atoms with van der Waals surface area (Å²) < 4.78 is 36.8. The van der Waals surface area contributed by atoms with Crippen molar-refractivity contribution in [2.45, 2.75) is 20.8 Å². The van der Waals surface area contributed by atoms with Crippen molar-refractivity contribution in [2.24, 2.45) is 0 Å². The Balaban J connectivity index is 1.55. The van der Waals surface area contributed by atoms with Gasteiger partial charge in [0, 0.05) is 23.3 Å². The molecule has 0 radical (unpaired) electrons. The van der Waals surface area contributed by atoms with Gasteiger partial charge in [0.1, 0.15) is 17.3 Å². The van der Waals surface area contributed by atoms with Crippen LogP contribution < -0.4 is 23.8 Å². The molecule has 2 heterocycles. The molecule has 0 spiro atoms. The number of aromatic nitrogens is 3. The molecule has 9 nitrogen and oxygen atoms in total. The number of aromatic amines is 1. The van der Waals surface area contributed by atoms with Crippen molar-refractivity contribution in [3.8, 4) is 28.7 Å². The number of hydrogen-bond donors (Lipinski definition) is 1. The lowest BCUT2D eigenvalue weighted by Gasteiger charge is -2.25. The van der Waals surface area contributed by atoms with Gasteiger partial charge in [-0.15, -0.1) is 0 Å². The smallest absolute Gasteiger partial charge is 0.284 e. The van der Waals surface area contributed by atoms with Gasteiger partial charge in [0.2, 0.25) is 0 Å². The Morgan fingerprint density at radius 1 is 0.902 bits per heavy atom. The SMILES string of the molecule is CCOc1cn[nH]c1C(=O)N(c1ccc(Oc2ccnc3cc(OC)c(OC)cc23)c(C)c1)c1ccc(F)cc1C. The van der Waals surface area contributed by atoms with E-state index < -0.39 is 11.7 Å². The molecule has 1 amide bonds. The molecular formula is C31H29FN4O5. The van der Waals surface area contributed by atoms with Crippen molar-refractivity contribution in [2.75, 3.05) is 25.7 Å². The van der Waals surface area contributed by atoms with Gasteiger partial charge in [0.05, 0.1) is 38.2 Å². The van der Waals surface area contributed by atoms with Crippen LogP contribution in [-0.2, 0) is 0 Å². The second-order valence-electron chi connectivity index (χ2n) is 9.20. The molecule has 10 heteroatoms. The van der Waals surface area contributed by atoms with E-state index >= 15 is 0 Å². The van der Waals surface area contributed by atoms with Gasteiger partial charge < -0.3 is 18.9 Å². The quantitative estimate of drug-likeness (QED) is 0.211. The number of halogens is 1. The summed E-state index contributed by atoms with van der Waals surface area (Å²) in [6, 6.07) is 15.0. The third-order valence-corrected chi connectivity index (χ3v) is 6.56. The molecule has 0 aliphatic rings. The summed E-state index contributed by atoms with van der Waals surface area (Å²) in [7, 11) is 3.14. The van der Waals surface area contributed by atoms with E-state index in [1.165, 1.54) is 23.2 Å². The molecule has 5 aromatic rings. The van der Waals surface area contributed by atoms with Crippen LogP contribution in [0.2, 0.25) is 0 Å². The minimum atomic E-state index is -0.408. The van der Waals surface area contributed by atoms with E-state index in [9.17, 15) is 9.18 Å². The summed E-state index contributed by atoms with van der Waals surface area (Å²) in [6.07, 6.45) is 3.11. The van der Waals surface area contributed by atoms with Crippen LogP contribution in [0.15, 0.2) is 67.0 Å². The van der Waals surface area contributed by atoms with Gasteiger partial charge in [0.15, 0.2) is 22.9 Å². The average molecular weight is 557 g/mol. The zero-order valence-corrected chi connectivity index (χ0v) is 23.3. The summed E-state index contributed by atoms with van der Waals surface area (Å²) in [6.45, 7) is 5.82. The maximum absolute atomic E-state index is 14.0. The van der Waals surface area contributed by atoms with E-state index in [1.54, 1.807) is 57.7 Å². The highest BCUT2D eigenvalue weighted by Gasteiger charge is 2.27. The molecule has 2 aromatic heterocycles. The van der Waals surface area contributed by atoms with Crippen LogP contribution in [0, 0.1) is 19.7 Å². The molecule has 210 valence electrons. The van der Waals surface area contributed by atoms with E-state index in [-0.39, 0.29) is 5.69 Å². The number of anilines is 2. The van der Waals surface area contributed by atoms with Crippen LogP contribution in [0.1, 0.15) is 28.5 Å². The number of amides is 1. The fourth-order valence-corrected chi connectivity index (χ4v) is 4.58. The fraction of sp³-hybridized carbons (Fsp3) is 0.194. The maximum Gasteiger partial charge on any atom is 0.284 e. The largest absolute Gasteiger partial charge is 0.493 e. The summed E-state index contributed by atoms with van der Waals surface area (Å²) >= 11 is 0. The van der Waals surface area contributed by atoms with Crippen molar-refractivity contribution < 1.29 is 28.1 Å². The van der Waals surface area contributed by atoms with Crippen LogP contribution in [0.4, 0.5) is 15.8 Å². The predicted molar refractivity (Wildman–Crippen MR) is 153 cm³/mol. The molecule has 1 N–H and O–H groups in total. The predicted octanol–water partition coefficient (Wildman–Crippen LogP) is 6.90. The molecule has 0 atom stereocenters. The second kappa shape index (κ2) is 11.5. The van der Waals surface area contributed by atoms with Crippen molar-refractivity contribution in [1.29, 1.82) is 0 Å². The summed E-state index contributed by atoms with van der Waals surface area (Å²) in [5.41, 5.74) is 3.28. The van der Waals surface area contributed by atoms with E-state index in [0.717, 1.165) is 10.9 Å². The Morgan fingerprint density at radius 2 is 1.68 bits per heavy atom. The number of nitrogens with zero attached hydrogens (tertiary/aromatic N) is 3. The van der Waals surface area contributed by atoms with Crippen molar-refractivity contribution >= 4 is 28.2 Å². The summed E-state index contributed by atoms with van der Waals surface area (Å²) in [5.74, 6) is 1.80. The molecular weight excluding hydrogens is 527 g/mol. The van der Waals surface area contributed by atoms with E-state index in [4.69, 9.17) is 18.9 Å². The number of carbonyl (C=O) groups excluding carboxylic acids is 1. The number of fused-ring (bicyclic) bond motifs is 1. The lowest BCUT2D eigenvalue weighted by atomic mass is 10.1. The first-order valence-corrected chi connectivity index (χ1v) is 12.9.